The second kappa shape index (κ2) is 10.4. The molecule has 4 aromatic rings. The summed E-state index contributed by atoms with van der Waals surface area (Å²) >= 11 is 2.41. The second-order valence-electron chi connectivity index (χ2n) is 7.73. The summed E-state index contributed by atoms with van der Waals surface area (Å²) in [6.07, 6.45) is 0.580. The number of ether oxygens (including phenoxy) is 1. The molecule has 0 aliphatic heterocycles. The zero-order valence-corrected chi connectivity index (χ0v) is 20.9. The highest BCUT2D eigenvalue weighted by atomic mass is 32.2. The lowest BCUT2D eigenvalue weighted by Crippen LogP contribution is -2.24. The van der Waals surface area contributed by atoms with Gasteiger partial charge in [-0.3, -0.25) is 14.9 Å². The van der Waals surface area contributed by atoms with Gasteiger partial charge in [-0.25, -0.2) is 4.98 Å². The number of anilines is 1. The first kappa shape index (κ1) is 24.0. The molecule has 178 valence electrons. The summed E-state index contributed by atoms with van der Waals surface area (Å²) in [6, 6.07) is 8.21. The minimum absolute atomic E-state index is 0.0245. The lowest BCUT2D eigenvalue weighted by molar-refractivity contribution is -0.142. The number of esters is 1. The smallest absolute Gasteiger partial charge is 0.312 e. The van der Waals surface area contributed by atoms with Crippen molar-refractivity contribution in [3.63, 3.8) is 0 Å². The number of benzene rings is 1. The topological polar surface area (TPSA) is 125 Å². The van der Waals surface area contributed by atoms with Gasteiger partial charge in [0.2, 0.25) is 16.2 Å². The first-order valence-corrected chi connectivity index (χ1v) is 12.7. The zero-order chi connectivity index (χ0) is 24.2. The van der Waals surface area contributed by atoms with Crippen molar-refractivity contribution in [2.24, 2.45) is 0 Å². The van der Waals surface area contributed by atoms with Crippen molar-refractivity contribution in [1.82, 2.24) is 29.9 Å². The van der Waals surface area contributed by atoms with Crippen LogP contribution in [0, 0.1) is 0 Å². The summed E-state index contributed by atoms with van der Waals surface area (Å²) in [4.78, 5) is 29.3. The summed E-state index contributed by atoms with van der Waals surface area (Å²) in [5.41, 5.74) is 2.54. The normalized spacial score (nSPS) is 12.4. The van der Waals surface area contributed by atoms with E-state index in [1.807, 2.05) is 31.2 Å². The minimum atomic E-state index is -0.450. The molecule has 1 aromatic carbocycles. The molecule has 4 rings (SSSR count). The molecule has 10 nitrogen and oxygen atoms in total. The summed E-state index contributed by atoms with van der Waals surface area (Å²) in [5.74, 6) is -0.614. The average molecular weight is 500 g/mol. The van der Waals surface area contributed by atoms with Gasteiger partial charge in [0, 0.05) is 11.4 Å². The van der Waals surface area contributed by atoms with E-state index in [0.29, 0.717) is 28.3 Å². The van der Waals surface area contributed by atoms with Crippen molar-refractivity contribution in [3.05, 3.63) is 29.3 Å². The van der Waals surface area contributed by atoms with Crippen molar-refractivity contribution in [1.29, 1.82) is 0 Å². The van der Waals surface area contributed by atoms with Gasteiger partial charge in [-0.1, -0.05) is 48.2 Å². The fourth-order valence-corrected chi connectivity index (χ4v) is 5.11. The maximum absolute atomic E-state index is 12.9. The molecule has 1 atom stereocenters. The largest absolute Gasteiger partial charge is 0.466 e. The van der Waals surface area contributed by atoms with Crippen LogP contribution < -0.4 is 5.32 Å². The van der Waals surface area contributed by atoms with Crippen LogP contribution in [0.1, 0.15) is 45.2 Å². The molecule has 0 spiro atoms. The Morgan fingerprint density at radius 2 is 1.94 bits per heavy atom. The molecule has 1 N–H and O–H groups in total. The lowest BCUT2D eigenvalue weighted by Gasteiger charge is -2.13. The maximum atomic E-state index is 12.9. The van der Waals surface area contributed by atoms with Gasteiger partial charge < -0.3 is 9.30 Å². The SMILES string of the molecule is CCOC(=O)Cc1nnc(NC(=O)[C@@H](CC)Sc2nnc3c4ccccc4n(C(C)C)c3n2)s1. The molecule has 0 aliphatic carbocycles. The van der Waals surface area contributed by atoms with Crippen molar-refractivity contribution >= 4 is 62.2 Å². The Kier molecular flexibility index (Phi) is 7.37. The number of hydrogen-bond donors (Lipinski definition) is 1. The molecule has 3 aromatic heterocycles. The molecule has 0 unspecified atom stereocenters. The Morgan fingerprint density at radius 1 is 1.15 bits per heavy atom. The molecule has 0 bridgehead atoms. The van der Waals surface area contributed by atoms with Crippen LogP contribution in [0.15, 0.2) is 29.4 Å². The van der Waals surface area contributed by atoms with Crippen LogP contribution in [0.2, 0.25) is 0 Å². The van der Waals surface area contributed by atoms with Gasteiger partial charge in [0.15, 0.2) is 5.65 Å². The number of fused-ring (bicyclic) bond motifs is 3. The van der Waals surface area contributed by atoms with E-state index >= 15 is 0 Å². The van der Waals surface area contributed by atoms with E-state index in [4.69, 9.17) is 9.72 Å². The van der Waals surface area contributed by atoms with Crippen molar-refractivity contribution < 1.29 is 14.3 Å². The Labute approximate surface area is 204 Å². The highest BCUT2D eigenvalue weighted by molar-refractivity contribution is 8.00. The van der Waals surface area contributed by atoms with Crippen molar-refractivity contribution in [3.8, 4) is 0 Å². The molecule has 0 fully saturated rings. The van der Waals surface area contributed by atoms with Crippen LogP contribution in [0.3, 0.4) is 0 Å². The number of hydrogen-bond acceptors (Lipinski definition) is 10. The maximum Gasteiger partial charge on any atom is 0.312 e. The number of amides is 1. The predicted octanol–water partition coefficient (Wildman–Crippen LogP) is 4.03. The quantitative estimate of drug-likeness (QED) is 0.268. The van der Waals surface area contributed by atoms with E-state index in [1.165, 1.54) is 11.8 Å². The number of carbonyl (C=O) groups excluding carboxylic acids is 2. The molecule has 0 aliphatic rings. The number of nitrogens with zero attached hydrogens (tertiary/aromatic N) is 6. The fourth-order valence-electron chi connectivity index (χ4n) is 3.56. The highest BCUT2D eigenvalue weighted by Gasteiger charge is 2.23. The number of carbonyl (C=O) groups is 2. The van der Waals surface area contributed by atoms with Crippen LogP contribution >= 0.6 is 23.1 Å². The number of nitrogens with one attached hydrogen (secondary N) is 1. The van der Waals surface area contributed by atoms with Gasteiger partial charge in [-0.05, 0) is 33.3 Å². The first-order valence-electron chi connectivity index (χ1n) is 11.0. The average Bonchev–Trinajstić information content (AvgIpc) is 3.38. The predicted molar refractivity (Wildman–Crippen MR) is 132 cm³/mol. The van der Waals surface area contributed by atoms with E-state index in [1.54, 1.807) is 6.92 Å². The lowest BCUT2D eigenvalue weighted by atomic mass is 10.2. The number of rotatable bonds is 9. The third kappa shape index (κ3) is 5.02. The van der Waals surface area contributed by atoms with Crippen LogP contribution in [0.5, 0.6) is 0 Å². The molecular formula is C22H25N7O3S2. The molecule has 12 heteroatoms. The van der Waals surface area contributed by atoms with E-state index in [9.17, 15) is 9.59 Å². The Hall–Kier alpha value is -3.12. The monoisotopic (exact) mass is 499 g/mol. The third-order valence-corrected chi connectivity index (χ3v) is 7.08. The number of thioether (sulfide) groups is 1. The third-order valence-electron chi connectivity index (χ3n) is 5.02. The summed E-state index contributed by atoms with van der Waals surface area (Å²) < 4.78 is 7.05. The molecule has 3 heterocycles. The van der Waals surface area contributed by atoms with Gasteiger partial charge in [0.25, 0.3) is 0 Å². The fraction of sp³-hybridized carbons (Fsp3) is 0.409. The Balaban J connectivity index is 1.52. The van der Waals surface area contributed by atoms with E-state index in [2.05, 4.69) is 44.1 Å². The van der Waals surface area contributed by atoms with E-state index < -0.39 is 5.25 Å². The molecule has 0 saturated heterocycles. The molecular weight excluding hydrogens is 474 g/mol. The first-order chi connectivity index (χ1) is 16.4. The van der Waals surface area contributed by atoms with Crippen molar-refractivity contribution in [2.75, 3.05) is 11.9 Å². The van der Waals surface area contributed by atoms with Crippen LogP contribution in [0.4, 0.5) is 5.13 Å². The van der Waals surface area contributed by atoms with E-state index in [-0.39, 0.29) is 24.3 Å². The Bertz CT molecular complexity index is 1330. The van der Waals surface area contributed by atoms with E-state index in [0.717, 1.165) is 33.4 Å². The van der Waals surface area contributed by atoms with Gasteiger partial charge in [0.05, 0.1) is 23.8 Å². The second-order valence-corrected chi connectivity index (χ2v) is 9.97. The van der Waals surface area contributed by atoms with Crippen molar-refractivity contribution in [2.45, 2.75) is 57.0 Å². The van der Waals surface area contributed by atoms with Gasteiger partial charge in [-0.15, -0.1) is 20.4 Å². The number of aromatic nitrogens is 6. The van der Waals surface area contributed by atoms with Crippen LogP contribution in [-0.2, 0) is 20.7 Å². The van der Waals surface area contributed by atoms with Crippen LogP contribution in [-0.4, -0.2) is 53.7 Å². The van der Waals surface area contributed by atoms with Gasteiger partial charge >= 0.3 is 5.97 Å². The summed E-state index contributed by atoms with van der Waals surface area (Å²) in [7, 11) is 0. The number of para-hydroxylation sites is 1. The summed E-state index contributed by atoms with van der Waals surface area (Å²) in [6.45, 7) is 8.16. The standard InChI is InChI=1S/C22H25N7O3S2/c1-5-15(20(31)24-22-27-25-16(34-22)11-17(30)32-6-2)33-21-23-19-18(26-28-21)13-9-7-8-10-14(13)29(19)12(3)4/h7-10,12,15H,5-6,11H2,1-4H3,(H,24,27,31)/t15-/m1/s1. The van der Waals surface area contributed by atoms with Gasteiger partial charge in [0.1, 0.15) is 10.5 Å². The van der Waals surface area contributed by atoms with Gasteiger partial charge in [-0.2, -0.15) is 0 Å². The highest BCUT2D eigenvalue weighted by Crippen LogP contribution is 2.31. The summed E-state index contributed by atoms with van der Waals surface area (Å²) in [5, 5.41) is 21.2. The molecule has 0 saturated carbocycles. The zero-order valence-electron chi connectivity index (χ0n) is 19.3. The molecule has 34 heavy (non-hydrogen) atoms. The molecule has 0 radical (unpaired) electrons. The Morgan fingerprint density at radius 3 is 2.68 bits per heavy atom. The minimum Gasteiger partial charge on any atom is -0.466 e. The molecule has 1 amide bonds. The van der Waals surface area contributed by atoms with Crippen LogP contribution in [0.25, 0.3) is 22.1 Å².